The van der Waals surface area contributed by atoms with Gasteiger partial charge in [0.1, 0.15) is 6.04 Å². The van der Waals surface area contributed by atoms with Crippen molar-refractivity contribution < 1.29 is 18.6 Å². The minimum absolute atomic E-state index is 0.0827. The largest absolute Gasteiger partial charge is 0.351 e. The Morgan fingerprint density at radius 1 is 1.21 bits per heavy atom. The highest BCUT2D eigenvalue weighted by Gasteiger charge is 2.35. The van der Waals surface area contributed by atoms with Crippen LogP contribution in [-0.4, -0.2) is 38.6 Å². The van der Waals surface area contributed by atoms with Crippen LogP contribution in [0.3, 0.4) is 0 Å². The molecule has 9 nitrogen and oxygen atoms in total. The summed E-state index contributed by atoms with van der Waals surface area (Å²) in [4.78, 5) is 30.3. The number of likely N-dealkylation sites (tertiary alicyclic amines) is 1. The number of hydrogen-bond donors (Lipinski definition) is 1. The van der Waals surface area contributed by atoms with Gasteiger partial charge in [-0.05, 0) is 18.4 Å². The normalized spacial score (nSPS) is 16.5. The first-order valence-electron chi connectivity index (χ1n) is 9.05. The Morgan fingerprint density at radius 2 is 2.07 bits per heavy atom. The van der Waals surface area contributed by atoms with Gasteiger partial charge in [-0.25, -0.2) is 0 Å². The molecule has 3 aromatic rings. The first-order valence-corrected chi connectivity index (χ1v) is 9.05. The fraction of sp³-hybridized carbons (Fsp3) is 0.316. The molecule has 9 heteroatoms. The molecule has 144 valence electrons. The van der Waals surface area contributed by atoms with Gasteiger partial charge < -0.3 is 19.3 Å². The lowest BCUT2D eigenvalue weighted by molar-refractivity contribution is -0.129. The summed E-state index contributed by atoms with van der Waals surface area (Å²) in [6.45, 7) is 0.682. The summed E-state index contributed by atoms with van der Waals surface area (Å²) in [7, 11) is 0. The lowest BCUT2D eigenvalue weighted by atomic mass is 10.1. The number of nitrogens with zero attached hydrogens (tertiary/aromatic N) is 4. The first-order chi connectivity index (χ1) is 13.7. The predicted molar refractivity (Wildman–Crippen MR) is 95.8 cm³/mol. The van der Waals surface area contributed by atoms with E-state index in [1.54, 1.807) is 4.90 Å². The van der Waals surface area contributed by atoms with E-state index in [1.807, 2.05) is 30.3 Å². The van der Waals surface area contributed by atoms with Crippen molar-refractivity contribution in [3.63, 3.8) is 0 Å². The van der Waals surface area contributed by atoms with Gasteiger partial charge in [0.25, 0.3) is 5.91 Å². The second kappa shape index (κ2) is 8.03. The van der Waals surface area contributed by atoms with Gasteiger partial charge in [-0.15, -0.1) is 0 Å². The smallest absolute Gasteiger partial charge is 0.290 e. The van der Waals surface area contributed by atoms with Crippen LogP contribution in [0.4, 0.5) is 0 Å². The monoisotopic (exact) mass is 381 g/mol. The molecule has 1 atom stereocenters. The Balaban J connectivity index is 1.37. The number of carbonyl (C=O) groups excluding carboxylic acids is 2. The van der Waals surface area contributed by atoms with Gasteiger partial charge in [0.15, 0.2) is 5.82 Å². The maximum Gasteiger partial charge on any atom is 0.290 e. The van der Waals surface area contributed by atoms with Crippen LogP contribution in [0.5, 0.6) is 0 Å². The van der Waals surface area contributed by atoms with Crippen molar-refractivity contribution in [2.45, 2.75) is 31.8 Å². The molecule has 2 amide bonds. The van der Waals surface area contributed by atoms with Crippen LogP contribution in [-0.2, 0) is 17.8 Å². The van der Waals surface area contributed by atoms with Crippen molar-refractivity contribution >= 4 is 11.8 Å². The maximum absolute atomic E-state index is 12.3. The summed E-state index contributed by atoms with van der Waals surface area (Å²) < 4.78 is 10.1. The molecule has 0 unspecified atom stereocenters. The molecular weight excluding hydrogens is 362 g/mol. The second-order valence-corrected chi connectivity index (χ2v) is 6.49. The van der Waals surface area contributed by atoms with E-state index in [9.17, 15) is 9.59 Å². The SMILES string of the molecule is O=C(NCc1noc([C@@H]2CCC(=O)N2CCc2ccccc2)n1)c1ccno1. The van der Waals surface area contributed by atoms with E-state index in [1.165, 1.54) is 17.8 Å². The van der Waals surface area contributed by atoms with E-state index < -0.39 is 5.91 Å². The fourth-order valence-electron chi connectivity index (χ4n) is 3.22. The highest BCUT2D eigenvalue weighted by Crippen LogP contribution is 2.31. The first kappa shape index (κ1) is 17.9. The summed E-state index contributed by atoms with van der Waals surface area (Å²) in [5.41, 5.74) is 1.17. The molecule has 0 saturated carbocycles. The average molecular weight is 381 g/mol. The number of carbonyl (C=O) groups is 2. The number of amides is 2. The third-order valence-electron chi connectivity index (χ3n) is 4.65. The van der Waals surface area contributed by atoms with Crippen LogP contribution in [0.25, 0.3) is 0 Å². The summed E-state index contributed by atoms with van der Waals surface area (Å²) in [6.07, 6.45) is 3.25. The molecule has 0 bridgehead atoms. The molecule has 1 aliphatic heterocycles. The molecule has 2 aromatic heterocycles. The van der Waals surface area contributed by atoms with Gasteiger partial charge in [-0.3, -0.25) is 9.59 Å². The molecule has 1 aliphatic rings. The van der Waals surface area contributed by atoms with Crippen LogP contribution in [0.2, 0.25) is 0 Å². The van der Waals surface area contributed by atoms with Crippen molar-refractivity contribution in [1.82, 2.24) is 25.5 Å². The molecule has 1 N–H and O–H groups in total. The summed E-state index contributed by atoms with van der Waals surface area (Å²) >= 11 is 0. The average Bonchev–Trinajstić information content (AvgIpc) is 3.46. The molecule has 0 spiro atoms. The number of hydrogen-bond acceptors (Lipinski definition) is 7. The molecule has 0 aliphatic carbocycles. The fourth-order valence-corrected chi connectivity index (χ4v) is 3.22. The zero-order valence-corrected chi connectivity index (χ0v) is 15.1. The van der Waals surface area contributed by atoms with Crippen molar-refractivity contribution in [1.29, 1.82) is 0 Å². The lowest BCUT2D eigenvalue weighted by Gasteiger charge is -2.21. The highest BCUT2D eigenvalue weighted by molar-refractivity contribution is 5.91. The highest BCUT2D eigenvalue weighted by atomic mass is 16.5. The number of aromatic nitrogens is 3. The number of rotatable bonds is 7. The summed E-state index contributed by atoms with van der Waals surface area (Å²) in [6, 6.07) is 11.2. The zero-order valence-electron chi connectivity index (χ0n) is 15.1. The van der Waals surface area contributed by atoms with Gasteiger partial charge in [0.2, 0.25) is 17.6 Å². The Bertz CT molecular complexity index is 938. The van der Waals surface area contributed by atoms with Gasteiger partial charge >= 0.3 is 0 Å². The van der Waals surface area contributed by atoms with Crippen molar-refractivity contribution in [3.05, 3.63) is 65.6 Å². The quantitative estimate of drug-likeness (QED) is 0.664. The molecule has 3 heterocycles. The molecule has 0 radical (unpaired) electrons. The Labute approximate surface area is 160 Å². The predicted octanol–water partition coefficient (Wildman–Crippen LogP) is 1.89. The lowest BCUT2D eigenvalue weighted by Crippen LogP contribution is -2.30. The molecule has 28 heavy (non-hydrogen) atoms. The van der Waals surface area contributed by atoms with Gasteiger partial charge in [-0.2, -0.15) is 4.98 Å². The van der Waals surface area contributed by atoms with Crippen molar-refractivity contribution in [3.8, 4) is 0 Å². The summed E-state index contributed by atoms with van der Waals surface area (Å²) in [5.74, 6) is 0.508. The molecule has 1 saturated heterocycles. The maximum atomic E-state index is 12.3. The molecule has 1 fully saturated rings. The summed E-state index contributed by atoms with van der Waals surface area (Å²) in [5, 5.41) is 10.0. The van der Waals surface area contributed by atoms with Crippen LogP contribution < -0.4 is 5.32 Å². The second-order valence-electron chi connectivity index (χ2n) is 6.49. The minimum Gasteiger partial charge on any atom is -0.351 e. The third kappa shape index (κ3) is 3.93. The van der Waals surface area contributed by atoms with Crippen LogP contribution in [0, 0.1) is 0 Å². The topological polar surface area (TPSA) is 114 Å². The van der Waals surface area contributed by atoms with Crippen LogP contribution >= 0.6 is 0 Å². The van der Waals surface area contributed by atoms with Gasteiger partial charge in [-0.1, -0.05) is 40.6 Å². The number of benzene rings is 1. The van der Waals surface area contributed by atoms with E-state index in [-0.39, 0.29) is 24.3 Å². The molecule has 1 aromatic carbocycles. The van der Waals surface area contributed by atoms with E-state index >= 15 is 0 Å². The standard InChI is InChI=1S/C19H19N5O4/c25-17-7-6-14(24(17)11-9-13-4-2-1-3-5-13)19-22-16(23-28-19)12-20-18(26)15-8-10-21-27-15/h1-5,8,10,14H,6-7,9,11-12H2,(H,20,26)/t14-/m0/s1. The van der Waals surface area contributed by atoms with Crippen molar-refractivity contribution in [2.75, 3.05) is 6.54 Å². The Kier molecular flexibility index (Phi) is 5.14. The molecular formula is C19H19N5O4. The third-order valence-corrected chi connectivity index (χ3v) is 4.65. The van der Waals surface area contributed by atoms with Gasteiger partial charge in [0.05, 0.1) is 12.7 Å². The van der Waals surface area contributed by atoms with Gasteiger partial charge in [0, 0.05) is 19.0 Å². The van der Waals surface area contributed by atoms with E-state index in [0.29, 0.717) is 31.1 Å². The number of nitrogens with one attached hydrogen (secondary N) is 1. The van der Waals surface area contributed by atoms with E-state index in [0.717, 1.165) is 6.42 Å². The van der Waals surface area contributed by atoms with E-state index in [2.05, 4.69) is 20.6 Å². The Morgan fingerprint density at radius 3 is 2.86 bits per heavy atom. The minimum atomic E-state index is -0.413. The van der Waals surface area contributed by atoms with Crippen molar-refractivity contribution in [2.24, 2.45) is 0 Å². The van der Waals surface area contributed by atoms with Crippen LogP contribution in [0.1, 0.15) is 46.7 Å². The zero-order chi connectivity index (χ0) is 19.3. The Hall–Kier alpha value is -3.49. The van der Waals surface area contributed by atoms with Crippen LogP contribution in [0.15, 0.2) is 51.6 Å². The van der Waals surface area contributed by atoms with E-state index in [4.69, 9.17) is 9.05 Å². The molecule has 4 rings (SSSR count).